The number of imidazole rings is 1. The molecule has 2 aromatic heterocycles. The minimum absolute atomic E-state index is 0.0944. The van der Waals surface area contributed by atoms with Crippen LogP contribution in [-0.4, -0.2) is 19.6 Å². The highest BCUT2D eigenvalue weighted by Gasteiger charge is 2.08. The molecule has 5 heteroatoms. The molecule has 0 aliphatic heterocycles. The summed E-state index contributed by atoms with van der Waals surface area (Å²) >= 11 is 1.04. The Balaban J connectivity index is 2.95. The summed E-state index contributed by atoms with van der Waals surface area (Å²) < 4.78 is 1.42. The summed E-state index contributed by atoms with van der Waals surface area (Å²) in [5.41, 5.74) is 0. The first-order valence-corrected chi connectivity index (χ1v) is 3.44. The first-order chi connectivity index (χ1) is 4.79. The number of nitrogens with zero attached hydrogens (tertiary/aromatic N) is 2. The number of hydrogen-bond donors (Lipinski definition) is 2. The Labute approximate surface area is 60.0 Å². The molecule has 0 fully saturated rings. The third-order valence-electron chi connectivity index (χ3n) is 1.21. The lowest BCUT2D eigenvalue weighted by molar-refractivity contribution is 0.396. The van der Waals surface area contributed by atoms with Gasteiger partial charge >= 0.3 is 0 Å². The van der Waals surface area contributed by atoms with Gasteiger partial charge in [0.1, 0.15) is 0 Å². The van der Waals surface area contributed by atoms with E-state index in [0.717, 1.165) is 11.3 Å². The van der Waals surface area contributed by atoms with Gasteiger partial charge in [0.15, 0.2) is 4.96 Å². The van der Waals surface area contributed by atoms with Crippen LogP contribution in [0.2, 0.25) is 0 Å². The van der Waals surface area contributed by atoms with Gasteiger partial charge in [-0.25, -0.2) is 4.98 Å². The van der Waals surface area contributed by atoms with E-state index in [1.54, 1.807) is 12.4 Å². The Bertz CT molecular complexity index is 364. The van der Waals surface area contributed by atoms with Crippen molar-refractivity contribution in [3.63, 3.8) is 0 Å². The Morgan fingerprint density at radius 1 is 1.50 bits per heavy atom. The van der Waals surface area contributed by atoms with E-state index < -0.39 is 0 Å². The van der Waals surface area contributed by atoms with E-state index >= 15 is 0 Å². The predicted molar refractivity (Wildman–Crippen MR) is 36.4 cm³/mol. The minimum atomic E-state index is -0.141. The third kappa shape index (κ3) is 0.522. The Kier molecular flexibility index (Phi) is 0.906. The van der Waals surface area contributed by atoms with E-state index in [1.165, 1.54) is 4.40 Å². The third-order valence-corrected chi connectivity index (χ3v) is 2.07. The molecule has 0 saturated carbocycles. The number of aromatic nitrogens is 2. The molecule has 4 nitrogen and oxygen atoms in total. The molecule has 0 unspecified atom stereocenters. The fourth-order valence-corrected chi connectivity index (χ4v) is 1.48. The van der Waals surface area contributed by atoms with E-state index in [4.69, 9.17) is 10.2 Å². The molecule has 0 atom stereocenters. The SMILES string of the molecule is Oc1sc2nccn2c1O. The molecule has 0 amide bonds. The van der Waals surface area contributed by atoms with Crippen LogP contribution in [0.15, 0.2) is 12.4 Å². The van der Waals surface area contributed by atoms with Crippen LogP contribution in [0.5, 0.6) is 10.9 Å². The van der Waals surface area contributed by atoms with Crippen molar-refractivity contribution in [1.82, 2.24) is 9.38 Å². The smallest absolute Gasteiger partial charge is 0.252 e. The van der Waals surface area contributed by atoms with Gasteiger partial charge in [0.2, 0.25) is 5.06 Å². The van der Waals surface area contributed by atoms with Crippen LogP contribution in [0.4, 0.5) is 0 Å². The van der Waals surface area contributed by atoms with Gasteiger partial charge in [0.05, 0.1) is 0 Å². The van der Waals surface area contributed by atoms with E-state index in [9.17, 15) is 0 Å². The van der Waals surface area contributed by atoms with Crippen LogP contribution < -0.4 is 0 Å². The van der Waals surface area contributed by atoms with Crippen molar-refractivity contribution in [2.75, 3.05) is 0 Å². The van der Waals surface area contributed by atoms with E-state index in [2.05, 4.69) is 4.98 Å². The molecular formula is C5H4N2O2S. The van der Waals surface area contributed by atoms with Crippen LogP contribution in [0.3, 0.4) is 0 Å². The molecule has 0 aromatic carbocycles. The fraction of sp³-hybridized carbons (Fsp3) is 0. The second kappa shape index (κ2) is 1.63. The van der Waals surface area contributed by atoms with Gasteiger partial charge in [-0.2, -0.15) is 0 Å². The van der Waals surface area contributed by atoms with Crippen LogP contribution >= 0.6 is 11.3 Å². The molecule has 10 heavy (non-hydrogen) atoms. The lowest BCUT2D eigenvalue weighted by atomic mass is 10.8. The largest absolute Gasteiger partial charge is 0.496 e. The van der Waals surface area contributed by atoms with Gasteiger partial charge in [-0.15, -0.1) is 0 Å². The second-order valence-electron chi connectivity index (χ2n) is 1.81. The standard InChI is InChI=1S/C5H4N2O2S/c8-3-4(9)10-5-6-1-2-7(3)5/h1-2,8-9H. The number of rotatable bonds is 0. The van der Waals surface area contributed by atoms with E-state index in [0.29, 0.717) is 4.96 Å². The lowest BCUT2D eigenvalue weighted by Crippen LogP contribution is -1.72. The van der Waals surface area contributed by atoms with Crippen molar-refractivity contribution in [3.8, 4) is 10.9 Å². The molecular weight excluding hydrogens is 152 g/mol. The topological polar surface area (TPSA) is 57.8 Å². The Morgan fingerprint density at radius 3 is 3.00 bits per heavy atom. The lowest BCUT2D eigenvalue weighted by Gasteiger charge is -1.84. The summed E-state index contributed by atoms with van der Waals surface area (Å²) in [7, 11) is 0. The monoisotopic (exact) mass is 156 g/mol. The van der Waals surface area contributed by atoms with Crippen LogP contribution in [0.25, 0.3) is 4.96 Å². The zero-order chi connectivity index (χ0) is 7.14. The average molecular weight is 156 g/mol. The highest BCUT2D eigenvalue weighted by atomic mass is 32.1. The number of hydrogen-bond acceptors (Lipinski definition) is 4. The van der Waals surface area contributed by atoms with Crippen LogP contribution in [-0.2, 0) is 0 Å². The molecule has 2 N–H and O–H groups in total. The molecule has 2 rings (SSSR count). The number of aromatic hydroxyl groups is 2. The van der Waals surface area contributed by atoms with Gasteiger partial charge in [-0.1, -0.05) is 11.3 Å². The summed E-state index contributed by atoms with van der Waals surface area (Å²) in [6.07, 6.45) is 3.14. The quantitative estimate of drug-likeness (QED) is 0.593. The van der Waals surface area contributed by atoms with Crippen LogP contribution in [0, 0.1) is 0 Å². The molecule has 0 spiro atoms. The molecule has 0 bridgehead atoms. The van der Waals surface area contributed by atoms with Gasteiger partial charge in [0, 0.05) is 12.4 Å². The summed E-state index contributed by atoms with van der Waals surface area (Å²) in [4.78, 5) is 4.45. The molecule has 0 saturated heterocycles. The average Bonchev–Trinajstić information content (AvgIpc) is 2.41. The summed E-state index contributed by atoms with van der Waals surface area (Å²) in [6.45, 7) is 0. The van der Waals surface area contributed by atoms with Crippen LogP contribution in [0.1, 0.15) is 0 Å². The first-order valence-electron chi connectivity index (χ1n) is 2.63. The zero-order valence-electron chi connectivity index (χ0n) is 4.85. The van der Waals surface area contributed by atoms with Crippen molar-refractivity contribution in [1.29, 1.82) is 0 Å². The fourth-order valence-electron chi connectivity index (χ4n) is 0.762. The summed E-state index contributed by atoms with van der Waals surface area (Å²) in [5.74, 6) is -0.141. The highest BCUT2D eigenvalue weighted by molar-refractivity contribution is 7.19. The summed E-state index contributed by atoms with van der Waals surface area (Å²) in [6, 6.07) is 0. The first kappa shape index (κ1) is 5.55. The van der Waals surface area contributed by atoms with E-state index in [1.807, 2.05) is 0 Å². The maximum Gasteiger partial charge on any atom is 0.252 e. The molecule has 0 radical (unpaired) electrons. The maximum absolute atomic E-state index is 9.07. The Morgan fingerprint density at radius 2 is 2.30 bits per heavy atom. The van der Waals surface area contributed by atoms with Gasteiger partial charge in [-0.3, -0.25) is 4.40 Å². The van der Waals surface area contributed by atoms with Gasteiger partial charge in [0.25, 0.3) is 5.88 Å². The van der Waals surface area contributed by atoms with Crippen molar-refractivity contribution in [2.45, 2.75) is 0 Å². The molecule has 52 valence electrons. The number of fused-ring (bicyclic) bond motifs is 1. The highest BCUT2D eigenvalue weighted by Crippen LogP contribution is 2.33. The van der Waals surface area contributed by atoms with Crippen molar-refractivity contribution >= 4 is 16.3 Å². The zero-order valence-corrected chi connectivity index (χ0v) is 5.67. The molecule has 2 aromatic rings. The van der Waals surface area contributed by atoms with Crippen molar-refractivity contribution in [3.05, 3.63) is 12.4 Å². The maximum atomic E-state index is 9.07. The Hall–Kier alpha value is -1.23. The second-order valence-corrected chi connectivity index (χ2v) is 2.77. The molecule has 2 heterocycles. The minimum Gasteiger partial charge on any atom is -0.496 e. The van der Waals surface area contributed by atoms with E-state index in [-0.39, 0.29) is 10.9 Å². The summed E-state index contributed by atoms with van der Waals surface area (Å²) in [5, 5.41) is 17.9. The normalized spacial score (nSPS) is 10.8. The number of thiazole rings is 1. The van der Waals surface area contributed by atoms with Crippen molar-refractivity contribution < 1.29 is 10.2 Å². The predicted octanol–water partition coefficient (Wildman–Crippen LogP) is 0.807. The van der Waals surface area contributed by atoms with Crippen molar-refractivity contribution in [2.24, 2.45) is 0 Å². The van der Waals surface area contributed by atoms with Gasteiger partial charge in [-0.05, 0) is 0 Å². The molecule has 0 aliphatic rings. The molecule has 0 aliphatic carbocycles. The van der Waals surface area contributed by atoms with Gasteiger partial charge < -0.3 is 10.2 Å².